The second-order valence-corrected chi connectivity index (χ2v) is 5.31. The van der Waals surface area contributed by atoms with Gasteiger partial charge in [0.25, 0.3) is 5.56 Å². The van der Waals surface area contributed by atoms with E-state index in [9.17, 15) is 9.90 Å². The molecular weight excluding hydrogens is 302 g/mol. The summed E-state index contributed by atoms with van der Waals surface area (Å²) in [4.78, 5) is 12.5. The van der Waals surface area contributed by atoms with E-state index < -0.39 is 6.10 Å². The van der Waals surface area contributed by atoms with E-state index in [4.69, 9.17) is 17.3 Å². The molecule has 112 valence electrons. The van der Waals surface area contributed by atoms with Crippen LogP contribution in [0.25, 0.3) is 5.69 Å². The van der Waals surface area contributed by atoms with Gasteiger partial charge in [0, 0.05) is 5.02 Å². The minimum absolute atomic E-state index is 0.117. The molecule has 0 saturated carbocycles. The number of para-hydroxylation sites is 1. The Morgan fingerprint density at radius 3 is 2.36 bits per heavy atom. The highest BCUT2D eigenvalue weighted by atomic mass is 35.5. The third-order valence-electron chi connectivity index (χ3n) is 3.43. The van der Waals surface area contributed by atoms with Crippen LogP contribution in [0.2, 0.25) is 5.02 Å². The van der Waals surface area contributed by atoms with Crippen molar-refractivity contribution in [3.05, 3.63) is 81.1 Å². The molecule has 0 radical (unpaired) electrons. The Hall–Kier alpha value is -2.50. The van der Waals surface area contributed by atoms with Crippen molar-refractivity contribution in [1.82, 2.24) is 9.78 Å². The van der Waals surface area contributed by atoms with Crippen LogP contribution in [0, 0.1) is 0 Å². The minimum Gasteiger partial charge on any atom is -0.384 e. The first-order chi connectivity index (χ1) is 10.6. The molecule has 1 aromatic heterocycles. The van der Waals surface area contributed by atoms with Crippen molar-refractivity contribution in [1.29, 1.82) is 0 Å². The number of anilines is 1. The standard InChI is InChI=1S/C16H14ClN3O2/c17-11-8-6-10(7-9-11)14(21)13-15(18)19-20(16(13)22)12-4-2-1-3-5-12/h1-9,14,19,21H,18H2. The summed E-state index contributed by atoms with van der Waals surface area (Å²) in [6, 6.07) is 15.6. The van der Waals surface area contributed by atoms with Crippen molar-refractivity contribution >= 4 is 17.4 Å². The lowest BCUT2D eigenvalue weighted by Gasteiger charge is -2.09. The summed E-state index contributed by atoms with van der Waals surface area (Å²) in [5.74, 6) is 0.135. The molecule has 0 fully saturated rings. The Bertz CT molecular complexity index is 838. The van der Waals surface area contributed by atoms with Gasteiger partial charge in [-0.1, -0.05) is 41.9 Å². The number of hydrogen-bond donors (Lipinski definition) is 3. The molecule has 22 heavy (non-hydrogen) atoms. The predicted octanol–water partition coefficient (Wildman–Crippen LogP) is 2.48. The highest BCUT2D eigenvalue weighted by molar-refractivity contribution is 6.30. The first-order valence-corrected chi connectivity index (χ1v) is 7.05. The fraction of sp³-hybridized carbons (Fsp3) is 0.0625. The second kappa shape index (κ2) is 5.71. The number of rotatable bonds is 3. The van der Waals surface area contributed by atoms with E-state index in [1.807, 2.05) is 18.2 Å². The van der Waals surface area contributed by atoms with Gasteiger partial charge in [-0.25, -0.2) is 4.68 Å². The third kappa shape index (κ3) is 2.52. The van der Waals surface area contributed by atoms with E-state index in [-0.39, 0.29) is 16.9 Å². The summed E-state index contributed by atoms with van der Waals surface area (Å²) in [7, 11) is 0. The number of hydrogen-bond acceptors (Lipinski definition) is 3. The second-order valence-electron chi connectivity index (χ2n) is 4.87. The lowest BCUT2D eigenvalue weighted by atomic mass is 10.0. The Morgan fingerprint density at radius 2 is 1.73 bits per heavy atom. The maximum atomic E-state index is 12.5. The molecule has 0 amide bonds. The van der Waals surface area contributed by atoms with Crippen molar-refractivity contribution in [2.75, 3.05) is 5.73 Å². The van der Waals surface area contributed by atoms with E-state index in [2.05, 4.69) is 5.10 Å². The molecule has 3 aromatic rings. The number of H-pyrrole nitrogens is 1. The summed E-state index contributed by atoms with van der Waals surface area (Å²) < 4.78 is 1.31. The number of aromatic nitrogens is 2. The van der Waals surface area contributed by atoms with Crippen molar-refractivity contribution in [2.45, 2.75) is 6.10 Å². The lowest BCUT2D eigenvalue weighted by Crippen LogP contribution is -2.19. The zero-order valence-corrected chi connectivity index (χ0v) is 12.3. The Balaban J connectivity index is 2.07. The third-order valence-corrected chi connectivity index (χ3v) is 3.68. The maximum Gasteiger partial charge on any atom is 0.279 e. The molecule has 1 atom stereocenters. The predicted molar refractivity (Wildman–Crippen MR) is 86.3 cm³/mol. The highest BCUT2D eigenvalue weighted by Gasteiger charge is 2.22. The fourth-order valence-electron chi connectivity index (χ4n) is 2.30. The summed E-state index contributed by atoms with van der Waals surface area (Å²) in [5, 5.41) is 13.8. The molecule has 4 N–H and O–H groups in total. The fourth-order valence-corrected chi connectivity index (χ4v) is 2.43. The van der Waals surface area contributed by atoms with E-state index in [0.29, 0.717) is 16.3 Å². The number of aliphatic hydroxyl groups excluding tert-OH is 1. The normalized spacial score (nSPS) is 12.3. The molecule has 1 unspecified atom stereocenters. The molecule has 0 aliphatic carbocycles. The van der Waals surface area contributed by atoms with Gasteiger partial charge in [0.15, 0.2) is 0 Å². The topological polar surface area (TPSA) is 84.0 Å². The number of benzene rings is 2. The zero-order valence-electron chi connectivity index (χ0n) is 11.5. The van der Waals surface area contributed by atoms with Gasteiger partial charge in [0.1, 0.15) is 11.9 Å². The summed E-state index contributed by atoms with van der Waals surface area (Å²) in [5.41, 5.74) is 6.81. The van der Waals surface area contributed by atoms with Crippen LogP contribution >= 0.6 is 11.6 Å². The smallest absolute Gasteiger partial charge is 0.279 e. The molecule has 0 spiro atoms. The Kier molecular flexibility index (Phi) is 3.75. The highest BCUT2D eigenvalue weighted by Crippen LogP contribution is 2.24. The van der Waals surface area contributed by atoms with Gasteiger partial charge >= 0.3 is 0 Å². The Labute approximate surface area is 131 Å². The van der Waals surface area contributed by atoms with Crippen LogP contribution in [0.5, 0.6) is 0 Å². The molecule has 0 aliphatic rings. The van der Waals surface area contributed by atoms with Crippen LogP contribution in [0.15, 0.2) is 59.4 Å². The molecular formula is C16H14ClN3O2. The zero-order chi connectivity index (χ0) is 15.7. The minimum atomic E-state index is -1.12. The molecule has 2 aromatic carbocycles. The first kappa shape index (κ1) is 14.4. The number of halogens is 1. The van der Waals surface area contributed by atoms with Gasteiger partial charge < -0.3 is 10.8 Å². The molecule has 5 nitrogen and oxygen atoms in total. The van der Waals surface area contributed by atoms with E-state index in [1.165, 1.54) is 4.68 Å². The molecule has 1 heterocycles. The van der Waals surface area contributed by atoms with E-state index in [0.717, 1.165) is 0 Å². The number of aliphatic hydroxyl groups is 1. The van der Waals surface area contributed by atoms with Gasteiger partial charge in [0.2, 0.25) is 0 Å². The summed E-state index contributed by atoms with van der Waals surface area (Å²) >= 11 is 5.83. The van der Waals surface area contributed by atoms with Gasteiger partial charge in [-0.3, -0.25) is 9.89 Å². The van der Waals surface area contributed by atoms with Gasteiger partial charge in [0.05, 0.1) is 11.3 Å². The number of nitrogen functional groups attached to an aromatic ring is 1. The number of nitrogens with one attached hydrogen (secondary N) is 1. The molecule has 6 heteroatoms. The number of aromatic amines is 1. The quantitative estimate of drug-likeness (QED) is 0.694. The largest absolute Gasteiger partial charge is 0.384 e. The first-order valence-electron chi connectivity index (χ1n) is 6.67. The molecule has 0 saturated heterocycles. The monoisotopic (exact) mass is 315 g/mol. The SMILES string of the molecule is Nc1[nH]n(-c2ccccc2)c(=O)c1C(O)c1ccc(Cl)cc1. The van der Waals surface area contributed by atoms with Crippen LogP contribution in [0.4, 0.5) is 5.82 Å². The molecule has 3 rings (SSSR count). The lowest BCUT2D eigenvalue weighted by molar-refractivity contribution is 0.220. The van der Waals surface area contributed by atoms with Crippen LogP contribution < -0.4 is 11.3 Å². The van der Waals surface area contributed by atoms with Gasteiger partial charge in [-0.05, 0) is 29.8 Å². The number of nitrogens with zero attached hydrogens (tertiary/aromatic N) is 1. The van der Waals surface area contributed by atoms with Crippen LogP contribution in [0.3, 0.4) is 0 Å². The van der Waals surface area contributed by atoms with Crippen molar-refractivity contribution in [2.24, 2.45) is 0 Å². The average molecular weight is 316 g/mol. The van der Waals surface area contributed by atoms with Crippen molar-refractivity contribution in [3.63, 3.8) is 0 Å². The van der Waals surface area contributed by atoms with Crippen molar-refractivity contribution < 1.29 is 5.11 Å². The van der Waals surface area contributed by atoms with Gasteiger partial charge in [-0.2, -0.15) is 0 Å². The van der Waals surface area contributed by atoms with Crippen molar-refractivity contribution in [3.8, 4) is 5.69 Å². The van der Waals surface area contributed by atoms with Crippen LogP contribution in [0.1, 0.15) is 17.2 Å². The van der Waals surface area contributed by atoms with E-state index in [1.54, 1.807) is 36.4 Å². The van der Waals surface area contributed by atoms with E-state index >= 15 is 0 Å². The summed E-state index contributed by atoms with van der Waals surface area (Å²) in [6.07, 6.45) is -1.12. The maximum absolute atomic E-state index is 12.5. The molecule has 0 aliphatic heterocycles. The summed E-state index contributed by atoms with van der Waals surface area (Å²) in [6.45, 7) is 0. The van der Waals surface area contributed by atoms with Crippen LogP contribution in [-0.2, 0) is 0 Å². The van der Waals surface area contributed by atoms with Crippen LogP contribution in [-0.4, -0.2) is 14.9 Å². The average Bonchev–Trinajstić information content (AvgIpc) is 2.83. The number of nitrogens with two attached hydrogens (primary N) is 1. The molecule has 0 bridgehead atoms. The Morgan fingerprint density at radius 1 is 1.09 bits per heavy atom. The van der Waals surface area contributed by atoms with Gasteiger partial charge in [-0.15, -0.1) is 0 Å².